The molecule has 0 spiro atoms. The van der Waals surface area contributed by atoms with E-state index in [9.17, 15) is 10.1 Å². The third-order valence-electron chi connectivity index (χ3n) is 3.34. The van der Waals surface area contributed by atoms with Gasteiger partial charge in [0.25, 0.3) is 5.91 Å². The SMILES string of the molecule is CN(C(=O)c1ccncc1I)C1(C#N)CCC1. The van der Waals surface area contributed by atoms with E-state index in [0.29, 0.717) is 5.56 Å². The van der Waals surface area contributed by atoms with Gasteiger partial charge in [0.05, 0.1) is 11.6 Å². The Balaban J connectivity index is 2.27. The lowest BCUT2D eigenvalue weighted by atomic mass is 9.76. The third kappa shape index (κ3) is 2.02. The molecule has 2 rings (SSSR count). The van der Waals surface area contributed by atoms with Gasteiger partial charge < -0.3 is 4.90 Å². The first-order chi connectivity index (χ1) is 8.10. The number of nitrogens with zero attached hydrogens (tertiary/aromatic N) is 3. The molecule has 1 amide bonds. The number of amides is 1. The van der Waals surface area contributed by atoms with Crippen molar-refractivity contribution in [3.63, 3.8) is 0 Å². The van der Waals surface area contributed by atoms with Gasteiger partial charge in [-0.25, -0.2) is 0 Å². The second-order valence-corrected chi connectivity index (χ2v) is 5.38. The Labute approximate surface area is 114 Å². The number of carbonyl (C=O) groups is 1. The quantitative estimate of drug-likeness (QED) is 0.775. The van der Waals surface area contributed by atoms with Crippen molar-refractivity contribution < 1.29 is 4.79 Å². The zero-order valence-corrected chi connectivity index (χ0v) is 11.6. The summed E-state index contributed by atoms with van der Waals surface area (Å²) in [6.07, 6.45) is 5.81. The molecule has 0 saturated heterocycles. The summed E-state index contributed by atoms with van der Waals surface area (Å²) in [4.78, 5) is 17.8. The Morgan fingerprint density at radius 1 is 1.65 bits per heavy atom. The van der Waals surface area contributed by atoms with Crippen molar-refractivity contribution in [3.05, 3.63) is 27.6 Å². The molecule has 5 heteroatoms. The highest BCUT2D eigenvalue weighted by atomic mass is 127. The molecule has 1 aromatic rings. The number of hydrogen-bond donors (Lipinski definition) is 0. The van der Waals surface area contributed by atoms with Gasteiger partial charge in [0, 0.05) is 23.0 Å². The van der Waals surface area contributed by atoms with Crippen molar-refractivity contribution in [2.24, 2.45) is 0 Å². The lowest BCUT2D eigenvalue weighted by Crippen LogP contribution is -2.53. The number of hydrogen-bond acceptors (Lipinski definition) is 3. The van der Waals surface area contributed by atoms with E-state index in [1.165, 1.54) is 0 Å². The van der Waals surface area contributed by atoms with Crippen LogP contribution in [-0.4, -0.2) is 28.4 Å². The number of rotatable bonds is 2. The van der Waals surface area contributed by atoms with Gasteiger partial charge in [0.1, 0.15) is 5.54 Å². The predicted molar refractivity (Wildman–Crippen MR) is 71.2 cm³/mol. The van der Waals surface area contributed by atoms with Crippen LogP contribution in [0.3, 0.4) is 0 Å². The molecule has 0 aliphatic heterocycles. The highest BCUT2D eigenvalue weighted by molar-refractivity contribution is 14.1. The fourth-order valence-electron chi connectivity index (χ4n) is 1.96. The summed E-state index contributed by atoms with van der Waals surface area (Å²) in [6.45, 7) is 0. The van der Waals surface area contributed by atoms with Crippen LogP contribution in [0.2, 0.25) is 0 Å². The van der Waals surface area contributed by atoms with Crippen LogP contribution in [0.15, 0.2) is 18.5 Å². The largest absolute Gasteiger partial charge is 0.323 e. The van der Waals surface area contributed by atoms with E-state index in [-0.39, 0.29) is 5.91 Å². The maximum atomic E-state index is 12.3. The fraction of sp³-hybridized carbons (Fsp3) is 0.417. The number of nitriles is 1. The summed E-state index contributed by atoms with van der Waals surface area (Å²) >= 11 is 2.09. The van der Waals surface area contributed by atoms with E-state index >= 15 is 0 Å². The Bertz CT molecular complexity index is 491. The number of aromatic nitrogens is 1. The average molecular weight is 341 g/mol. The van der Waals surface area contributed by atoms with Crippen molar-refractivity contribution in [1.82, 2.24) is 9.88 Å². The second kappa shape index (κ2) is 4.61. The summed E-state index contributed by atoms with van der Waals surface area (Å²) in [7, 11) is 1.71. The summed E-state index contributed by atoms with van der Waals surface area (Å²) in [5.74, 6) is -0.0990. The van der Waals surface area contributed by atoms with Crippen molar-refractivity contribution in [1.29, 1.82) is 5.26 Å². The molecule has 1 fully saturated rings. The van der Waals surface area contributed by atoms with Gasteiger partial charge in [-0.2, -0.15) is 5.26 Å². The normalized spacial score (nSPS) is 16.8. The summed E-state index contributed by atoms with van der Waals surface area (Å²) in [5, 5.41) is 9.21. The number of carbonyl (C=O) groups excluding carboxylic acids is 1. The van der Waals surface area contributed by atoms with E-state index in [2.05, 4.69) is 33.6 Å². The van der Waals surface area contributed by atoms with E-state index in [4.69, 9.17) is 0 Å². The zero-order chi connectivity index (χ0) is 12.5. The maximum Gasteiger partial charge on any atom is 0.256 e. The molecule has 0 atom stereocenters. The molecule has 0 N–H and O–H groups in total. The molecule has 1 aromatic heterocycles. The first-order valence-corrected chi connectivity index (χ1v) is 6.47. The van der Waals surface area contributed by atoms with E-state index in [1.807, 2.05) is 0 Å². The first-order valence-electron chi connectivity index (χ1n) is 5.40. The van der Waals surface area contributed by atoms with Crippen LogP contribution in [-0.2, 0) is 0 Å². The minimum Gasteiger partial charge on any atom is -0.323 e. The van der Waals surface area contributed by atoms with Crippen LogP contribution >= 0.6 is 22.6 Å². The Kier molecular flexibility index (Phi) is 3.33. The van der Waals surface area contributed by atoms with Crippen molar-refractivity contribution in [3.8, 4) is 6.07 Å². The molecule has 17 heavy (non-hydrogen) atoms. The molecule has 1 aliphatic carbocycles. The van der Waals surface area contributed by atoms with Gasteiger partial charge in [-0.3, -0.25) is 9.78 Å². The van der Waals surface area contributed by atoms with Gasteiger partial charge in [-0.15, -0.1) is 0 Å². The third-order valence-corrected chi connectivity index (χ3v) is 4.20. The Morgan fingerprint density at radius 2 is 2.35 bits per heavy atom. The van der Waals surface area contributed by atoms with E-state index in [1.54, 1.807) is 30.4 Å². The maximum absolute atomic E-state index is 12.3. The monoisotopic (exact) mass is 341 g/mol. The molecule has 0 aromatic carbocycles. The Hall–Kier alpha value is -1.16. The van der Waals surface area contributed by atoms with Gasteiger partial charge in [-0.1, -0.05) is 0 Å². The molecule has 4 nitrogen and oxygen atoms in total. The number of halogens is 1. The lowest BCUT2D eigenvalue weighted by molar-refractivity contribution is 0.0496. The summed E-state index contributed by atoms with van der Waals surface area (Å²) in [6, 6.07) is 3.97. The van der Waals surface area contributed by atoms with Gasteiger partial charge >= 0.3 is 0 Å². The highest BCUT2D eigenvalue weighted by Gasteiger charge is 2.43. The van der Waals surface area contributed by atoms with Crippen LogP contribution in [0.1, 0.15) is 29.6 Å². The molecule has 1 saturated carbocycles. The van der Waals surface area contributed by atoms with Gasteiger partial charge in [-0.05, 0) is 47.9 Å². The van der Waals surface area contributed by atoms with Gasteiger partial charge in [0.15, 0.2) is 0 Å². The molecule has 0 bridgehead atoms. The smallest absolute Gasteiger partial charge is 0.256 e. The first kappa shape index (κ1) is 12.3. The average Bonchev–Trinajstić information content (AvgIpc) is 2.28. The lowest BCUT2D eigenvalue weighted by Gasteiger charge is -2.43. The molecule has 0 unspecified atom stereocenters. The van der Waals surface area contributed by atoms with Crippen molar-refractivity contribution >= 4 is 28.5 Å². The van der Waals surface area contributed by atoms with Crippen LogP contribution in [0.25, 0.3) is 0 Å². The van der Waals surface area contributed by atoms with Gasteiger partial charge in [0.2, 0.25) is 0 Å². The van der Waals surface area contributed by atoms with Crippen molar-refractivity contribution in [2.75, 3.05) is 7.05 Å². The highest BCUT2D eigenvalue weighted by Crippen LogP contribution is 2.37. The molecule has 0 radical (unpaired) electrons. The minimum atomic E-state index is -0.594. The fourth-order valence-corrected chi connectivity index (χ4v) is 2.53. The summed E-state index contributed by atoms with van der Waals surface area (Å²) < 4.78 is 0.814. The molecule has 1 heterocycles. The van der Waals surface area contributed by atoms with Crippen LogP contribution in [0.4, 0.5) is 0 Å². The standard InChI is InChI=1S/C12H12IN3O/c1-16(12(8-14)4-2-5-12)11(17)9-3-6-15-7-10(9)13/h3,6-7H,2,4-5H2,1H3. The zero-order valence-electron chi connectivity index (χ0n) is 9.48. The predicted octanol–water partition coefficient (Wildman–Crippen LogP) is 2.20. The molecular formula is C12H12IN3O. The van der Waals surface area contributed by atoms with Crippen LogP contribution in [0.5, 0.6) is 0 Å². The van der Waals surface area contributed by atoms with Crippen LogP contribution in [0, 0.1) is 14.9 Å². The van der Waals surface area contributed by atoms with E-state index < -0.39 is 5.54 Å². The summed E-state index contributed by atoms with van der Waals surface area (Å²) in [5.41, 5.74) is 0.0216. The minimum absolute atomic E-state index is 0.0990. The van der Waals surface area contributed by atoms with E-state index in [0.717, 1.165) is 22.8 Å². The van der Waals surface area contributed by atoms with Crippen LogP contribution < -0.4 is 0 Å². The topological polar surface area (TPSA) is 57.0 Å². The number of pyridine rings is 1. The molecule has 88 valence electrons. The Morgan fingerprint density at radius 3 is 2.82 bits per heavy atom. The molecule has 1 aliphatic rings. The van der Waals surface area contributed by atoms with Crippen molar-refractivity contribution in [2.45, 2.75) is 24.8 Å². The second-order valence-electron chi connectivity index (χ2n) is 4.22. The molecular weight excluding hydrogens is 329 g/mol.